The van der Waals surface area contributed by atoms with Crippen LogP contribution in [-0.2, 0) is 6.54 Å². The zero-order chi connectivity index (χ0) is 17.1. The number of fused-ring (bicyclic) bond motifs is 1. The molecule has 5 heteroatoms. The summed E-state index contributed by atoms with van der Waals surface area (Å²) in [5, 5.41) is 5.29. The average molecular weight is 384 g/mol. The number of carbonyl (C=O) groups excluding carboxylic acids is 1. The fourth-order valence-corrected chi connectivity index (χ4v) is 3.35. The van der Waals surface area contributed by atoms with Crippen LogP contribution in [-0.4, -0.2) is 16.7 Å². The number of aryl methyl sites for hydroxylation is 1. The van der Waals surface area contributed by atoms with Gasteiger partial charge in [-0.15, -0.1) is 0 Å². The van der Waals surface area contributed by atoms with Gasteiger partial charge in [-0.3, -0.25) is 4.79 Å². The van der Waals surface area contributed by atoms with Crippen LogP contribution in [0.25, 0.3) is 10.9 Å². The molecular weight excluding hydrogens is 366 g/mol. The Morgan fingerprint density at radius 1 is 1.21 bits per heavy atom. The first kappa shape index (κ1) is 16.5. The van der Waals surface area contributed by atoms with Crippen LogP contribution in [0.1, 0.15) is 28.5 Å². The lowest BCUT2D eigenvalue weighted by Crippen LogP contribution is -2.18. The van der Waals surface area contributed by atoms with Crippen molar-refractivity contribution in [2.75, 3.05) is 0 Å². The van der Waals surface area contributed by atoms with Crippen LogP contribution >= 0.6 is 15.9 Å². The van der Waals surface area contributed by atoms with E-state index < -0.39 is 0 Å². The maximum Gasteiger partial charge on any atom is 0.272 e. The standard InChI is InChI=1S/C19H18BrN3O/c1-3-23-13(2)16(14-8-5-7-11-18(14)23)12-21-22-19(24)15-9-4-6-10-17(15)20/h4-12H,3H2,1-2H3,(H,22,24)/b21-12-. The van der Waals surface area contributed by atoms with Gasteiger partial charge < -0.3 is 4.57 Å². The average Bonchev–Trinajstić information content (AvgIpc) is 2.86. The molecule has 0 fully saturated rings. The molecule has 0 radical (unpaired) electrons. The van der Waals surface area contributed by atoms with E-state index in [0.717, 1.165) is 27.7 Å². The van der Waals surface area contributed by atoms with Crippen molar-refractivity contribution in [3.8, 4) is 0 Å². The van der Waals surface area contributed by atoms with Gasteiger partial charge in [0.2, 0.25) is 0 Å². The summed E-state index contributed by atoms with van der Waals surface area (Å²) in [5.41, 5.74) is 6.50. The predicted octanol–water partition coefficient (Wildman–Crippen LogP) is 4.50. The molecule has 1 amide bonds. The molecule has 3 aromatic rings. The third-order valence-electron chi connectivity index (χ3n) is 4.07. The summed E-state index contributed by atoms with van der Waals surface area (Å²) in [6.45, 7) is 5.08. The lowest BCUT2D eigenvalue weighted by Gasteiger charge is -2.03. The summed E-state index contributed by atoms with van der Waals surface area (Å²) >= 11 is 3.37. The van der Waals surface area contributed by atoms with Gasteiger partial charge in [0.05, 0.1) is 11.8 Å². The molecule has 0 aliphatic carbocycles. The molecule has 24 heavy (non-hydrogen) atoms. The minimum absolute atomic E-state index is 0.240. The topological polar surface area (TPSA) is 46.4 Å². The Kier molecular flexibility index (Phi) is 4.81. The Hall–Kier alpha value is -2.40. The van der Waals surface area contributed by atoms with E-state index in [9.17, 15) is 4.79 Å². The van der Waals surface area contributed by atoms with E-state index in [1.807, 2.05) is 30.3 Å². The molecule has 1 aromatic heterocycles. The summed E-state index contributed by atoms with van der Waals surface area (Å²) in [6.07, 6.45) is 1.72. The number of rotatable bonds is 4. The SMILES string of the molecule is CCn1c(C)c(/C=N\NC(=O)c2ccccc2Br)c2ccccc21. The van der Waals surface area contributed by atoms with Crippen LogP contribution < -0.4 is 5.43 Å². The lowest BCUT2D eigenvalue weighted by atomic mass is 10.1. The van der Waals surface area contributed by atoms with Crippen molar-refractivity contribution in [1.29, 1.82) is 0 Å². The maximum atomic E-state index is 12.2. The number of nitrogens with zero attached hydrogens (tertiary/aromatic N) is 2. The first-order chi connectivity index (χ1) is 11.6. The molecular formula is C19H18BrN3O. The highest BCUT2D eigenvalue weighted by atomic mass is 79.9. The Labute approximate surface area is 149 Å². The monoisotopic (exact) mass is 383 g/mol. The third-order valence-corrected chi connectivity index (χ3v) is 4.77. The summed E-state index contributed by atoms with van der Waals surface area (Å²) in [7, 11) is 0. The number of hydrazone groups is 1. The number of hydrogen-bond donors (Lipinski definition) is 1. The summed E-state index contributed by atoms with van der Waals surface area (Å²) in [6, 6.07) is 15.5. The van der Waals surface area contributed by atoms with Gasteiger partial charge in [-0.05, 0) is 48.0 Å². The van der Waals surface area contributed by atoms with Gasteiger partial charge in [0.1, 0.15) is 0 Å². The quantitative estimate of drug-likeness (QED) is 0.523. The first-order valence-electron chi connectivity index (χ1n) is 7.79. The van der Waals surface area contributed by atoms with E-state index in [0.29, 0.717) is 5.56 Å². The highest BCUT2D eigenvalue weighted by Crippen LogP contribution is 2.24. The van der Waals surface area contributed by atoms with Crippen molar-refractivity contribution in [2.24, 2.45) is 5.10 Å². The molecule has 122 valence electrons. The van der Waals surface area contributed by atoms with E-state index in [1.54, 1.807) is 12.3 Å². The lowest BCUT2D eigenvalue weighted by molar-refractivity contribution is 0.0954. The van der Waals surface area contributed by atoms with Crippen LogP contribution in [0.4, 0.5) is 0 Å². The number of hydrogen-bond acceptors (Lipinski definition) is 2. The Bertz CT molecular complexity index is 928. The Morgan fingerprint density at radius 3 is 2.67 bits per heavy atom. The van der Waals surface area contributed by atoms with Gasteiger partial charge in [0.25, 0.3) is 5.91 Å². The fourth-order valence-electron chi connectivity index (χ4n) is 2.89. The fraction of sp³-hybridized carbons (Fsp3) is 0.158. The van der Waals surface area contributed by atoms with E-state index in [-0.39, 0.29) is 5.91 Å². The van der Waals surface area contributed by atoms with Gasteiger partial charge in [0, 0.05) is 33.2 Å². The molecule has 0 unspecified atom stereocenters. The van der Waals surface area contributed by atoms with E-state index in [2.05, 4.69) is 57.0 Å². The largest absolute Gasteiger partial charge is 0.344 e. The number of carbonyl (C=O) groups is 1. The van der Waals surface area contributed by atoms with Gasteiger partial charge in [-0.1, -0.05) is 30.3 Å². The highest BCUT2D eigenvalue weighted by molar-refractivity contribution is 9.10. The second kappa shape index (κ2) is 7.01. The van der Waals surface area contributed by atoms with Crippen molar-refractivity contribution >= 4 is 39.0 Å². The molecule has 1 N–H and O–H groups in total. The molecule has 3 rings (SSSR count). The number of aromatic nitrogens is 1. The Morgan fingerprint density at radius 2 is 1.92 bits per heavy atom. The van der Waals surface area contributed by atoms with Crippen LogP contribution in [0.3, 0.4) is 0 Å². The summed E-state index contributed by atoms with van der Waals surface area (Å²) in [4.78, 5) is 12.2. The van der Waals surface area contributed by atoms with E-state index >= 15 is 0 Å². The molecule has 2 aromatic carbocycles. The molecule has 0 saturated carbocycles. The third kappa shape index (κ3) is 2.99. The number of halogens is 1. The van der Waals surface area contributed by atoms with Crippen LogP contribution in [0.15, 0.2) is 58.1 Å². The molecule has 4 nitrogen and oxygen atoms in total. The smallest absolute Gasteiger partial charge is 0.272 e. The minimum atomic E-state index is -0.240. The van der Waals surface area contributed by atoms with Crippen LogP contribution in [0.2, 0.25) is 0 Å². The van der Waals surface area contributed by atoms with Crippen molar-refractivity contribution in [1.82, 2.24) is 9.99 Å². The molecule has 0 aliphatic rings. The van der Waals surface area contributed by atoms with Crippen LogP contribution in [0, 0.1) is 6.92 Å². The molecule has 0 spiro atoms. The number of para-hydroxylation sites is 1. The molecule has 0 saturated heterocycles. The number of benzene rings is 2. The van der Waals surface area contributed by atoms with E-state index in [1.165, 1.54) is 5.52 Å². The van der Waals surface area contributed by atoms with Crippen LogP contribution in [0.5, 0.6) is 0 Å². The van der Waals surface area contributed by atoms with Crippen molar-refractivity contribution in [2.45, 2.75) is 20.4 Å². The normalized spacial score (nSPS) is 11.3. The Balaban J connectivity index is 1.88. The van der Waals surface area contributed by atoms with Crippen molar-refractivity contribution in [3.05, 3.63) is 69.8 Å². The molecule has 1 heterocycles. The van der Waals surface area contributed by atoms with Crippen molar-refractivity contribution < 1.29 is 4.79 Å². The van der Waals surface area contributed by atoms with E-state index in [4.69, 9.17) is 0 Å². The second-order valence-electron chi connectivity index (χ2n) is 5.44. The van der Waals surface area contributed by atoms with Gasteiger partial charge in [-0.2, -0.15) is 5.10 Å². The zero-order valence-electron chi connectivity index (χ0n) is 13.6. The summed E-state index contributed by atoms with van der Waals surface area (Å²) < 4.78 is 2.99. The summed E-state index contributed by atoms with van der Waals surface area (Å²) in [5.74, 6) is -0.240. The molecule has 0 atom stereocenters. The maximum absolute atomic E-state index is 12.2. The second-order valence-corrected chi connectivity index (χ2v) is 6.29. The van der Waals surface area contributed by atoms with Gasteiger partial charge >= 0.3 is 0 Å². The van der Waals surface area contributed by atoms with Crippen molar-refractivity contribution in [3.63, 3.8) is 0 Å². The first-order valence-corrected chi connectivity index (χ1v) is 8.58. The predicted molar refractivity (Wildman–Crippen MR) is 102 cm³/mol. The number of amides is 1. The molecule has 0 bridgehead atoms. The zero-order valence-corrected chi connectivity index (χ0v) is 15.2. The molecule has 0 aliphatic heterocycles. The minimum Gasteiger partial charge on any atom is -0.344 e. The number of nitrogens with one attached hydrogen (secondary N) is 1. The van der Waals surface area contributed by atoms with Gasteiger partial charge in [-0.25, -0.2) is 5.43 Å². The van der Waals surface area contributed by atoms with Gasteiger partial charge in [0.15, 0.2) is 0 Å². The highest BCUT2D eigenvalue weighted by Gasteiger charge is 2.11.